The minimum absolute atomic E-state index is 0.196. The van der Waals surface area contributed by atoms with Gasteiger partial charge in [0.25, 0.3) is 0 Å². The molecule has 0 amide bonds. The normalized spacial score (nSPS) is 14.9. The summed E-state index contributed by atoms with van der Waals surface area (Å²) in [4.78, 5) is 11.0. The molecule has 2 aromatic rings. The topological polar surface area (TPSA) is 29.0 Å². The van der Waals surface area contributed by atoms with E-state index in [4.69, 9.17) is 0 Å². The highest BCUT2D eigenvalue weighted by Crippen LogP contribution is 2.22. The van der Waals surface area contributed by atoms with Gasteiger partial charge in [0.2, 0.25) is 5.95 Å². The summed E-state index contributed by atoms with van der Waals surface area (Å²) in [5.74, 6) is 0.551. The molecule has 1 aromatic heterocycles. The van der Waals surface area contributed by atoms with E-state index in [0.29, 0.717) is 5.56 Å². The van der Waals surface area contributed by atoms with Gasteiger partial charge in [-0.25, -0.2) is 14.4 Å². The summed E-state index contributed by atoms with van der Waals surface area (Å²) in [7, 11) is 0. The second-order valence-electron chi connectivity index (χ2n) is 4.90. The molecule has 0 spiro atoms. The van der Waals surface area contributed by atoms with Crippen molar-refractivity contribution in [3.8, 4) is 11.3 Å². The van der Waals surface area contributed by atoms with Gasteiger partial charge in [-0.2, -0.15) is 0 Å². The van der Waals surface area contributed by atoms with Crippen molar-refractivity contribution >= 4 is 5.95 Å². The fourth-order valence-corrected chi connectivity index (χ4v) is 2.33. The second-order valence-corrected chi connectivity index (χ2v) is 4.90. The fourth-order valence-electron chi connectivity index (χ4n) is 2.33. The number of hydrogen-bond donors (Lipinski definition) is 0. The van der Waals surface area contributed by atoms with Crippen LogP contribution in [0.15, 0.2) is 30.5 Å². The van der Waals surface area contributed by atoms with Crippen LogP contribution in [0.4, 0.5) is 10.3 Å². The third-order valence-electron chi connectivity index (χ3n) is 3.50. The number of anilines is 1. The van der Waals surface area contributed by atoms with Gasteiger partial charge in [0.15, 0.2) is 0 Å². The standard InChI is InChI=1S/C15H16FN3/c1-11-4-5-12(10-13(11)16)14-6-7-17-15(18-14)19-8-2-3-9-19/h4-7,10H,2-3,8-9H2,1H3. The van der Waals surface area contributed by atoms with Gasteiger partial charge in [0.1, 0.15) is 5.82 Å². The molecule has 0 N–H and O–H groups in total. The van der Waals surface area contributed by atoms with Crippen molar-refractivity contribution in [2.24, 2.45) is 0 Å². The van der Waals surface area contributed by atoms with E-state index in [2.05, 4.69) is 14.9 Å². The minimum Gasteiger partial charge on any atom is -0.341 e. The first-order valence-electron chi connectivity index (χ1n) is 6.58. The van der Waals surface area contributed by atoms with Crippen molar-refractivity contribution < 1.29 is 4.39 Å². The van der Waals surface area contributed by atoms with Gasteiger partial charge < -0.3 is 4.90 Å². The van der Waals surface area contributed by atoms with Crippen molar-refractivity contribution in [3.05, 3.63) is 41.8 Å². The van der Waals surface area contributed by atoms with Crippen molar-refractivity contribution in [3.63, 3.8) is 0 Å². The molecule has 0 atom stereocenters. The monoisotopic (exact) mass is 257 g/mol. The predicted octanol–water partition coefficient (Wildman–Crippen LogP) is 3.19. The molecule has 3 nitrogen and oxygen atoms in total. The van der Waals surface area contributed by atoms with Crippen LogP contribution in [-0.4, -0.2) is 23.1 Å². The summed E-state index contributed by atoms with van der Waals surface area (Å²) < 4.78 is 13.6. The molecule has 0 unspecified atom stereocenters. The Labute approximate surface area is 112 Å². The highest BCUT2D eigenvalue weighted by molar-refractivity contribution is 5.60. The Hall–Kier alpha value is -1.97. The van der Waals surface area contributed by atoms with Crippen LogP contribution >= 0.6 is 0 Å². The molecule has 1 aromatic carbocycles. The summed E-state index contributed by atoms with van der Waals surface area (Å²) in [6.07, 6.45) is 4.12. The molecule has 1 aliphatic heterocycles. The molecular weight excluding hydrogens is 241 g/mol. The summed E-state index contributed by atoms with van der Waals surface area (Å²) >= 11 is 0. The largest absolute Gasteiger partial charge is 0.341 e. The molecule has 1 saturated heterocycles. The Kier molecular flexibility index (Phi) is 3.15. The smallest absolute Gasteiger partial charge is 0.225 e. The average molecular weight is 257 g/mol. The second kappa shape index (κ2) is 4.96. The van der Waals surface area contributed by atoms with Crippen LogP contribution in [0.25, 0.3) is 11.3 Å². The first kappa shape index (κ1) is 12.1. The predicted molar refractivity (Wildman–Crippen MR) is 73.6 cm³/mol. The molecule has 98 valence electrons. The maximum atomic E-state index is 13.6. The lowest BCUT2D eigenvalue weighted by atomic mass is 10.1. The van der Waals surface area contributed by atoms with E-state index in [0.717, 1.165) is 30.3 Å². The maximum absolute atomic E-state index is 13.6. The lowest BCUT2D eigenvalue weighted by Crippen LogP contribution is -2.20. The van der Waals surface area contributed by atoms with Crippen LogP contribution in [0.2, 0.25) is 0 Å². The average Bonchev–Trinajstić information content (AvgIpc) is 2.96. The van der Waals surface area contributed by atoms with Crippen LogP contribution in [0, 0.1) is 12.7 Å². The van der Waals surface area contributed by atoms with Crippen LogP contribution in [-0.2, 0) is 0 Å². The Morgan fingerprint density at radius 2 is 1.95 bits per heavy atom. The molecule has 0 bridgehead atoms. The first-order valence-corrected chi connectivity index (χ1v) is 6.58. The number of benzene rings is 1. The van der Waals surface area contributed by atoms with Crippen LogP contribution in [0.1, 0.15) is 18.4 Å². The third kappa shape index (κ3) is 2.43. The zero-order valence-corrected chi connectivity index (χ0v) is 10.9. The minimum atomic E-state index is -0.196. The molecule has 0 radical (unpaired) electrons. The number of aryl methyl sites for hydroxylation is 1. The lowest BCUT2D eigenvalue weighted by molar-refractivity contribution is 0.619. The van der Waals surface area contributed by atoms with Gasteiger partial charge >= 0.3 is 0 Å². The summed E-state index contributed by atoms with van der Waals surface area (Å²) in [5, 5.41) is 0. The highest BCUT2D eigenvalue weighted by Gasteiger charge is 2.15. The SMILES string of the molecule is Cc1ccc(-c2ccnc(N3CCCC3)n2)cc1F. The number of halogens is 1. The summed E-state index contributed by atoms with van der Waals surface area (Å²) in [5.41, 5.74) is 2.22. The van der Waals surface area contributed by atoms with Gasteiger partial charge in [-0.1, -0.05) is 12.1 Å². The Morgan fingerprint density at radius 1 is 1.16 bits per heavy atom. The molecule has 0 aliphatic carbocycles. The van der Waals surface area contributed by atoms with Crippen molar-refractivity contribution in [2.45, 2.75) is 19.8 Å². The number of aromatic nitrogens is 2. The van der Waals surface area contributed by atoms with Gasteiger partial charge in [-0.3, -0.25) is 0 Å². The maximum Gasteiger partial charge on any atom is 0.225 e. The quantitative estimate of drug-likeness (QED) is 0.827. The fraction of sp³-hybridized carbons (Fsp3) is 0.333. The van der Waals surface area contributed by atoms with Gasteiger partial charge in [-0.05, 0) is 37.5 Å². The Balaban J connectivity index is 1.95. The van der Waals surface area contributed by atoms with Gasteiger partial charge in [-0.15, -0.1) is 0 Å². The number of rotatable bonds is 2. The number of nitrogens with zero attached hydrogens (tertiary/aromatic N) is 3. The van der Waals surface area contributed by atoms with E-state index in [1.165, 1.54) is 18.9 Å². The Bertz CT molecular complexity index is 592. The summed E-state index contributed by atoms with van der Waals surface area (Å²) in [6.45, 7) is 3.77. The first-order chi connectivity index (χ1) is 9.24. The molecule has 19 heavy (non-hydrogen) atoms. The molecule has 3 rings (SSSR count). The highest BCUT2D eigenvalue weighted by atomic mass is 19.1. The summed E-state index contributed by atoms with van der Waals surface area (Å²) in [6, 6.07) is 7.03. The lowest BCUT2D eigenvalue weighted by Gasteiger charge is -2.15. The van der Waals surface area contributed by atoms with Crippen LogP contribution in [0.3, 0.4) is 0 Å². The zero-order valence-electron chi connectivity index (χ0n) is 10.9. The van der Waals surface area contributed by atoms with E-state index in [1.807, 2.05) is 12.1 Å². The number of hydrogen-bond acceptors (Lipinski definition) is 3. The molecule has 4 heteroatoms. The van der Waals surface area contributed by atoms with E-state index >= 15 is 0 Å². The van der Waals surface area contributed by atoms with E-state index in [9.17, 15) is 4.39 Å². The molecule has 1 fully saturated rings. The van der Waals surface area contributed by atoms with Crippen molar-refractivity contribution in [1.82, 2.24) is 9.97 Å². The van der Waals surface area contributed by atoms with E-state index in [-0.39, 0.29) is 5.82 Å². The molecule has 2 heterocycles. The van der Waals surface area contributed by atoms with Crippen LogP contribution < -0.4 is 4.90 Å². The van der Waals surface area contributed by atoms with E-state index in [1.54, 1.807) is 19.2 Å². The third-order valence-corrected chi connectivity index (χ3v) is 3.50. The van der Waals surface area contributed by atoms with Gasteiger partial charge in [0.05, 0.1) is 5.69 Å². The molecule has 1 aliphatic rings. The molecular formula is C15H16FN3. The Morgan fingerprint density at radius 3 is 2.68 bits per heavy atom. The zero-order chi connectivity index (χ0) is 13.2. The van der Waals surface area contributed by atoms with Crippen LogP contribution in [0.5, 0.6) is 0 Å². The van der Waals surface area contributed by atoms with E-state index < -0.39 is 0 Å². The van der Waals surface area contributed by atoms with Crippen molar-refractivity contribution in [2.75, 3.05) is 18.0 Å². The van der Waals surface area contributed by atoms with Gasteiger partial charge in [0, 0.05) is 24.8 Å². The van der Waals surface area contributed by atoms with Crippen molar-refractivity contribution in [1.29, 1.82) is 0 Å². The molecule has 0 saturated carbocycles.